The zero-order valence-corrected chi connectivity index (χ0v) is 14.2. The van der Waals surface area contributed by atoms with Gasteiger partial charge in [-0.05, 0) is 54.7 Å². The fraction of sp³-hybridized carbons (Fsp3) is 0.350. The quantitative estimate of drug-likeness (QED) is 0.863. The van der Waals surface area contributed by atoms with Crippen molar-refractivity contribution in [3.63, 3.8) is 0 Å². The van der Waals surface area contributed by atoms with Gasteiger partial charge in [0, 0.05) is 18.1 Å². The summed E-state index contributed by atoms with van der Waals surface area (Å²) < 4.78 is 5.66. The molecular formula is C20H20N2O4. The van der Waals surface area contributed by atoms with Crippen LogP contribution in [0.4, 0.5) is 5.69 Å². The van der Waals surface area contributed by atoms with Crippen LogP contribution in [0.3, 0.4) is 0 Å². The molecule has 134 valence electrons. The molecule has 2 N–H and O–H groups in total. The van der Waals surface area contributed by atoms with E-state index in [1.807, 2.05) is 36.4 Å². The third kappa shape index (κ3) is 3.20. The zero-order valence-electron chi connectivity index (χ0n) is 14.2. The predicted molar refractivity (Wildman–Crippen MR) is 94.6 cm³/mol. The Bertz CT molecular complexity index is 806. The standard InChI is InChI=1S/C20H20N2O4/c23-19(17-15-5-6-16(26-15)18(17)20(24)25)22-14-3-1-12(2-4-14)11-13-7-9-21-10-8-13/h1-4,7-10,15-18H,5-6,11H2,(H,22,23)(H,24,25)/t15-,16-,17+,18-/m1/s1. The number of rotatable bonds is 5. The molecule has 3 heterocycles. The maximum atomic E-state index is 12.6. The number of pyridine rings is 1. The molecule has 2 saturated heterocycles. The van der Waals surface area contributed by atoms with Crippen molar-refractivity contribution in [1.82, 2.24) is 4.98 Å². The summed E-state index contributed by atoms with van der Waals surface area (Å²) in [5.41, 5.74) is 2.96. The molecule has 26 heavy (non-hydrogen) atoms. The molecule has 2 aliphatic rings. The summed E-state index contributed by atoms with van der Waals surface area (Å²) in [5, 5.41) is 12.3. The van der Waals surface area contributed by atoms with Crippen molar-refractivity contribution >= 4 is 17.6 Å². The number of anilines is 1. The Labute approximate surface area is 151 Å². The molecule has 1 aromatic heterocycles. The van der Waals surface area contributed by atoms with Crippen LogP contribution in [0, 0.1) is 11.8 Å². The van der Waals surface area contributed by atoms with Crippen molar-refractivity contribution in [3.8, 4) is 0 Å². The lowest BCUT2D eigenvalue weighted by atomic mass is 9.78. The number of nitrogens with one attached hydrogen (secondary N) is 1. The zero-order chi connectivity index (χ0) is 18.1. The van der Waals surface area contributed by atoms with Gasteiger partial charge in [-0.25, -0.2) is 0 Å². The molecule has 6 heteroatoms. The largest absolute Gasteiger partial charge is 0.481 e. The Morgan fingerprint density at radius 2 is 1.62 bits per heavy atom. The molecule has 4 rings (SSSR count). The van der Waals surface area contributed by atoms with Gasteiger partial charge < -0.3 is 15.2 Å². The van der Waals surface area contributed by atoms with Crippen LogP contribution in [-0.2, 0) is 20.7 Å². The van der Waals surface area contributed by atoms with Crippen molar-refractivity contribution in [1.29, 1.82) is 0 Å². The van der Waals surface area contributed by atoms with E-state index in [9.17, 15) is 14.7 Å². The number of ether oxygens (including phenoxy) is 1. The van der Waals surface area contributed by atoms with Crippen LogP contribution < -0.4 is 5.32 Å². The van der Waals surface area contributed by atoms with Gasteiger partial charge in [-0.1, -0.05) is 12.1 Å². The number of aromatic nitrogens is 1. The molecule has 0 spiro atoms. The van der Waals surface area contributed by atoms with E-state index in [1.165, 1.54) is 5.56 Å². The average Bonchev–Trinajstić information content (AvgIpc) is 3.25. The molecule has 1 aromatic carbocycles. The third-order valence-electron chi connectivity index (χ3n) is 5.24. The van der Waals surface area contributed by atoms with Crippen LogP contribution in [0.25, 0.3) is 0 Å². The van der Waals surface area contributed by atoms with Gasteiger partial charge in [0.15, 0.2) is 0 Å². The van der Waals surface area contributed by atoms with Gasteiger partial charge in [0.2, 0.25) is 5.91 Å². The highest BCUT2D eigenvalue weighted by Gasteiger charge is 2.55. The second-order valence-corrected chi connectivity index (χ2v) is 6.90. The number of carboxylic acids is 1. The first-order valence-corrected chi connectivity index (χ1v) is 8.79. The fourth-order valence-corrected chi connectivity index (χ4v) is 3.99. The summed E-state index contributed by atoms with van der Waals surface area (Å²) in [4.78, 5) is 28.2. The van der Waals surface area contributed by atoms with E-state index in [1.54, 1.807) is 12.4 Å². The van der Waals surface area contributed by atoms with E-state index in [2.05, 4.69) is 10.3 Å². The lowest BCUT2D eigenvalue weighted by Gasteiger charge is -2.23. The van der Waals surface area contributed by atoms with Gasteiger partial charge in [0.1, 0.15) is 0 Å². The molecular weight excluding hydrogens is 332 g/mol. The van der Waals surface area contributed by atoms with Gasteiger partial charge in [0.05, 0.1) is 24.0 Å². The Kier molecular flexibility index (Phi) is 4.42. The number of carbonyl (C=O) groups excluding carboxylic acids is 1. The van der Waals surface area contributed by atoms with E-state index in [4.69, 9.17) is 4.74 Å². The number of carbonyl (C=O) groups is 2. The minimum absolute atomic E-state index is 0.272. The lowest BCUT2D eigenvalue weighted by Crippen LogP contribution is -2.40. The number of nitrogens with zero attached hydrogens (tertiary/aromatic N) is 1. The number of amides is 1. The van der Waals surface area contributed by atoms with E-state index in [0.29, 0.717) is 5.69 Å². The van der Waals surface area contributed by atoms with E-state index >= 15 is 0 Å². The second kappa shape index (κ2) is 6.88. The van der Waals surface area contributed by atoms with Crippen molar-refractivity contribution < 1.29 is 19.4 Å². The van der Waals surface area contributed by atoms with Gasteiger partial charge in [-0.2, -0.15) is 0 Å². The number of fused-ring (bicyclic) bond motifs is 2. The molecule has 2 aromatic rings. The monoisotopic (exact) mass is 352 g/mol. The Morgan fingerprint density at radius 1 is 1.00 bits per heavy atom. The smallest absolute Gasteiger partial charge is 0.310 e. The third-order valence-corrected chi connectivity index (χ3v) is 5.24. The minimum Gasteiger partial charge on any atom is -0.481 e. The Hall–Kier alpha value is -2.73. The Morgan fingerprint density at radius 3 is 2.27 bits per heavy atom. The minimum atomic E-state index is -0.954. The van der Waals surface area contributed by atoms with Crippen LogP contribution in [0.5, 0.6) is 0 Å². The van der Waals surface area contributed by atoms with Gasteiger partial charge in [0.25, 0.3) is 0 Å². The average molecular weight is 352 g/mol. The molecule has 2 fully saturated rings. The molecule has 0 radical (unpaired) electrons. The molecule has 6 nitrogen and oxygen atoms in total. The summed E-state index contributed by atoms with van der Waals surface area (Å²) in [6.45, 7) is 0. The first-order chi connectivity index (χ1) is 12.6. The van der Waals surface area contributed by atoms with Gasteiger partial charge in [-0.3, -0.25) is 14.6 Å². The highest BCUT2D eigenvalue weighted by atomic mass is 16.5. The topological polar surface area (TPSA) is 88.5 Å². The molecule has 4 atom stereocenters. The molecule has 0 unspecified atom stereocenters. The summed E-state index contributed by atoms with van der Waals surface area (Å²) in [5.74, 6) is -2.60. The SMILES string of the molecule is O=C(Nc1ccc(Cc2ccncc2)cc1)[C@@H]1[C@H](C(=O)O)[C@H]2CC[C@H]1O2. The summed E-state index contributed by atoms with van der Waals surface area (Å²) in [7, 11) is 0. The van der Waals surface area contributed by atoms with E-state index in [-0.39, 0.29) is 18.1 Å². The molecule has 0 saturated carbocycles. The fourth-order valence-electron chi connectivity index (χ4n) is 3.99. The number of carboxylic acid groups (broad SMARTS) is 1. The maximum absolute atomic E-state index is 12.6. The maximum Gasteiger partial charge on any atom is 0.310 e. The number of aliphatic carboxylic acids is 1. The summed E-state index contributed by atoms with van der Waals surface area (Å²) >= 11 is 0. The molecule has 2 bridgehead atoms. The van der Waals surface area contributed by atoms with Crippen LogP contribution >= 0.6 is 0 Å². The predicted octanol–water partition coefficient (Wildman–Crippen LogP) is 2.49. The lowest BCUT2D eigenvalue weighted by molar-refractivity contribution is -0.147. The Balaban J connectivity index is 1.42. The van der Waals surface area contributed by atoms with E-state index < -0.39 is 17.8 Å². The van der Waals surface area contributed by atoms with Crippen LogP contribution in [0.2, 0.25) is 0 Å². The molecule has 1 amide bonds. The van der Waals surface area contributed by atoms with Crippen LogP contribution in [0.1, 0.15) is 24.0 Å². The van der Waals surface area contributed by atoms with Crippen molar-refractivity contribution in [2.24, 2.45) is 11.8 Å². The molecule has 0 aliphatic carbocycles. The van der Waals surface area contributed by atoms with Crippen molar-refractivity contribution in [2.75, 3.05) is 5.32 Å². The van der Waals surface area contributed by atoms with Crippen LogP contribution in [-0.4, -0.2) is 34.2 Å². The highest BCUT2D eigenvalue weighted by Crippen LogP contribution is 2.44. The van der Waals surface area contributed by atoms with Gasteiger partial charge in [-0.15, -0.1) is 0 Å². The molecule has 2 aliphatic heterocycles. The number of hydrogen-bond donors (Lipinski definition) is 2. The summed E-state index contributed by atoms with van der Waals surface area (Å²) in [6, 6.07) is 11.5. The van der Waals surface area contributed by atoms with Crippen molar-refractivity contribution in [2.45, 2.75) is 31.5 Å². The van der Waals surface area contributed by atoms with E-state index in [0.717, 1.165) is 24.8 Å². The highest BCUT2D eigenvalue weighted by molar-refractivity contribution is 5.96. The number of benzene rings is 1. The number of hydrogen-bond acceptors (Lipinski definition) is 4. The second-order valence-electron chi connectivity index (χ2n) is 6.90. The first kappa shape index (κ1) is 16.7. The van der Waals surface area contributed by atoms with Gasteiger partial charge >= 0.3 is 5.97 Å². The normalized spacial score (nSPS) is 26.6. The van der Waals surface area contributed by atoms with Crippen molar-refractivity contribution in [3.05, 3.63) is 59.9 Å². The first-order valence-electron chi connectivity index (χ1n) is 8.79. The van der Waals surface area contributed by atoms with Crippen LogP contribution in [0.15, 0.2) is 48.8 Å². The summed E-state index contributed by atoms with van der Waals surface area (Å²) in [6.07, 6.45) is 5.16.